The van der Waals surface area contributed by atoms with Crippen LogP contribution in [-0.2, 0) is 22.6 Å². The Labute approximate surface area is 145 Å². The highest BCUT2D eigenvalue weighted by atomic mass is 16.5. The Hall–Kier alpha value is -0.950. The Morgan fingerprint density at radius 3 is 2.88 bits per heavy atom. The molecule has 0 unspecified atom stereocenters. The van der Waals surface area contributed by atoms with Crippen molar-refractivity contribution in [2.45, 2.75) is 51.4 Å². The number of piperazine rings is 1. The SMILES string of the molecule is COCCCn1nccc1CN1CCN(C2CCOCC2)C[C@@H]1C. The van der Waals surface area contributed by atoms with Gasteiger partial charge in [0.25, 0.3) is 0 Å². The molecule has 0 N–H and O–H groups in total. The molecule has 0 saturated carbocycles. The van der Waals surface area contributed by atoms with Gasteiger partial charge in [0.15, 0.2) is 0 Å². The molecule has 1 aromatic rings. The fraction of sp³-hybridized carbons (Fsp3) is 0.833. The van der Waals surface area contributed by atoms with Gasteiger partial charge in [-0.3, -0.25) is 14.5 Å². The number of nitrogens with zero attached hydrogens (tertiary/aromatic N) is 4. The van der Waals surface area contributed by atoms with Crippen LogP contribution in [0.3, 0.4) is 0 Å². The molecule has 0 aromatic carbocycles. The predicted octanol–water partition coefficient (Wildman–Crippen LogP) is 1.60. The highest BCUT2D eigenvalue weighted by molar-refractivity contribution is 5.01. The van der Waals surface area contributed by atoms with Crippen LogP contribution in [0.5, 0.6) is 0 Å². The Morgan fingerprint density at radius 1 is 1.29 bits per heavy atom. The average molecular weight is 336 g/mol. The third kappa shape index (κ3) is 4.57. The maximum absolute atomic E-state index is 5.51. The van der Waals surface area contributed by atoms with E-state index in [-0.39, 0.29) is 0 Å². The van der Waals surface area contributed by atoms with Gasteiger partial charge in [0.1, 0.15) is 0 Å². The minimum atomic E-state index is 0.587. The maximum Gasteiger partial charge on any atom is 0.0524 e. The zero-order chi connectivity index (χ0) is 16.8. The minimum Gasteiger partial charge on any atom is -0.385 e. The van der Waals surface area contributed by atoms with Crippen LogP contribution in [-0.4, -0.2) is 78.2 Å². The zero-order valence-electron chi connectivity index (χ0n) is 15.2. The normalized spacial score (nSPS) is 24.5. The van der Waals surface area contributed by atoms with E-state index in [9.17, 15) is 0 Å². The molecule has 3 heterocycles. The topological polar surface area (TPSA) is 42.8 Å². The van der Waals surface area contributed by atoms with Crippen molar-refractivity contribution in [3.05, 3.63) is 18.0 Å². The van der Waals surface area contributed by atoms with Crippen molar-refractivity contribution in [1.82, 2.24) is 19.6 Å². The number of aromatic nitrogens is 2. The molecule has 2 fully saturated rings. The molecule has 24 heavy (non-hydrogen) atoms. The lowest BCUT2D eigenvalue weighted by Gasteiger charge is -2.44. The first-order valence-electron chi connectivity index (χ1n) is 9.33. The fourth-order valence-corrected chi connectivity index (χ4v) is 3.90. The summed E-state index contributed by atoms with van der Waals surface area (Å²) < 4.78 is 12.8. The molecular weight excluding hydrogens is 304 g/mol. The molecule has 0 aliphatic carbocycles. The third-order valence-corrected chi connectivity index (χ3v) is 5.39. The van der Waals surface area contributed by atoms with E-state index in [0.29, 0.717) is 6.04 Å². The van der Waals surface area contributed by atoms with Crippen molar-refractivity contribution in [3.8, 4) is 0 Å². The summed E-state index contributed by atoms with van der Waals surface area (Å²) >= 11 is 0. The largest absolute Gasteiger partial charge is 0.385 e. The van der Waals surface area contributed by atoms with Crippen molar-refractivity contribution in [2.75, 3.05) is 46.6 Å². The Bertz CT molecular complexity index is 487. The summed E-state index contributed by atoms with van der Waals surface area (Å²) in [6, 6.07) is 3.47. The summed E-state index contributed by atoms with van der Waals surface area (Å²) in [5, 5.41) is 4.48. The van der Waals surface area contributed by atoms with E-state index in [4.69, 9.17) is 9.47 Å². The van der Waals surface area contributed by atoms with Crippen LogP contribution in [0.4, 0.5) is 0 Å². The van der Waals surface area contributed by atoms with Crippen LogP contribution in [0.25, 0.3) is 0 Å². The van der Waals surface area contributed by atoms with Gasteiger partial charge in [0, 0.05) is 77.9 Å². The second-order valence-electron chi connectivity index (χ2n) is 7.05. The molecular formula is C18H32N4O2. The van der Waals surface area contributed by atoms with E-state index < -0.39 is 0 Å². The molecule has 2 aliphatic rings. The van der Waals surface area contributed by atoms with Crippen LogP contribution < -0.4 is 0 Å². The minimum absolute atomic E-state index is 0.587. The van der Waals surface area contributed by atoms with E-state index in [1.807, 2.05) is 6.20 Å². The first-order valence-corrected chi connectivity index (χ1v) is 9.33. The summed E-state index contributed by atoms with van der Waals surface area (Å²) in [7, 11) is 1.75. The van der Waals surface area contributed by atoms with Crippen LogP contribution in [0, 0.1) is 0 Å². The maximum atomic E-state index is 5.51. The van der Waals surface area contributed by atoms with Crippen LogP contribution >= 0.6 is 0 Å². The summed E-state index contributed by atoms with van der Waals surface area (Å²) in [6.07, 6.45) is 5.32. The predicted molar refractivity (Wildman–Crippen MR) is 94.0 cm³/mol. The van der Waals surface area contributed by atoms with Crippen molar-refractivity contribution in [1.29, 1.82) is 0 Å². The molecule has 1 atom stereocenters. The summed E-state index contributed by atoms with van der Waals surface area (Å²) in [5.41, 5.74) is 1.32. The van der Waals surface area contributed by atoms with Gasteiger partial charge in [-0.15, -0.1) is 0 Å². The third-order valence-electron chi connectivity index (χ3n) is 5.39. The smallest absolute Gasteiger partial charge is 0.0524 e. The second-order valence-corrected chi connectivity index (χ2v) is 7.05. The van der Waals surface area contributed by atoms with Crippen LogP contribution in [0.15, 0.2) is 12.3 Å². The fourth-order valence-electron chi connectivity index (χ4n) is 3.90. The number of aryl methyl sites for hydroxylation is 1. The number of rotatable bonds is 7. The van der Waals surface area contributed by atoms with Crippen molar-refractivity contribution >= 4 is 0 Å². The van der Waals surface area contributed by atoms with E-state index in [1.165, 1.54) is 31.6 Å². The monoisotopic (exact) mass is 336 g/mol. The van der Waals surface area contributed by atoms with E-state index >= 15 is 0 Å². The molecule has 0 bridgehead atoms. The molecule has 1 aromatic heterocycles. The van der Waals surface area contributed by atoms with Gasteiger partial charge in [-0.2, -0.15) is 5.10 Å². The van der Waals surface area contributed by atoms with E-state index in [0.717, 1.165) is 51.9 Å². The van der Waals surface area contributed by atoms with Gasteiger partial charge < -0.3 is 9.47 Å². The lowest BCUT2D eigenvalue weighted by atomic mass is 10.0. The van der Waals surface area contributed by atoms with E-state index in [2.05, 4.69) is 32.6 Å². The molecule has 3 rings (SSSR count). The van der Waals surface area contributed by atoms with E-state index in [1.54, 1.807) is 7.11 Å². The Balaban J connectivity index is 1.51. The first kappa shape index (κ1) is 17.9. The molecule has 6 heteroatoms. The lowest BCUT2D eigenvalue weighted by Crippen LogP contribution is -2.55. The molecule has 0 radical (unpaired) electrons. The van der Waals surface area contributed by atoms with Crippen molar-refractivity contribution in [3.63, 3.8) is 0 Å². The van der Waals surface area contributed by atoms with Crippen LogP contribution in [0.2, 0.25) is 0 Å². The van der Waals surface area contributed by atoms with Crippen molar-refractivity contribution in [2.24, 2.45) is 0 Å². The van der Waals surface area contributed by atoms with Gasteiger partial charge >= 0.3 is 0 Å². The zero-order valence-corrected chi connectivity index (χ0v) is 15.2. The Morgan fingerprint density at radius 2 is 2.12 bits per heavy atom. The number of methoxy groups -OCH3 is 1. The summed E-state index contributed by atoms with van der Waals surface area (Å²) in [6.45, 7) is 10.4. The highest BCUT2D eigenvalue weighted by Crippen LogP contribution is 2.20. The number of hydrogen-bond acceptors (Lipinski definition) is 5. The quantitative estimate of drug-likeness (QED) is 0.708. The summed E-state index contributed by atoms with van der Waals surface area (Å²) in [4.78, 5) is 5.28. The van der Waals surface area contributed by atoms with Gasteiger partial charge in [-0.25, -0.2) is 0 Å². The van der Waals surface area contributed by atoms with Gasteiger partial charge in [-0.1, -0.05) is 0 Å². The van der Waals surface area contributed by atoms with Gasteiger partial charge in [-0.05, 0) is 32.3 Å². The molecule has 136 valence electrons. The molecule has 0 spiro atoms. The van der Waals surface area contributed by atoms with Gasteiger partial charge in [0.05, 0.1) is 5.69 Å². The molecule has 0 amide bonds. The standard InChI is InChI=1S/C18H32N4O2/c1-16-14-21(17-5-12-24-13-6-17)10-9-20(16)15-18-4-7-19-22(18)8-3-11-23-2/h4,7,16-17H,3,5-6,8-15H2,1-2H3/t16-/m0/s1. The molecule has 2 aliphatic heterocycles. The van der Waals surface area contributed by atoms with Crippen molar-refractivity contribution < 1.29 is 9.47 Å². The molecule has 6 nitrogen and oxygen atoms in total. The second kappa shape index (κ2) is 8.94. The first-order chi connectivity index (χ1) is 11.8. The molecule has 2 saturated heterocycles. The summed E-state index contributed by atoms with van der Waals surface area (Å²) in [5.74, 6) is 0. The number of ether oxygens (including phenoxy) is 2. The van der Waals surface area contributed by atoms with Crippen LogP contribution in [0.1, 0.15) is 31.9 Å². The Kier molecular flexibility index (Phi) is 6.66. The number of hydrogen-bond donors (Lipinski definition) is 0. The van der Waals surface area contributed by atoms with Gasteiger partial charge in [0.2, 0.25) is 0 Å². The average Bonchev–Trinajstić information content (AvgIpc) is 3.05. The lowest BCUT2D eigenvalue weighted by molar-refractivity contribution is -0.00398. The highest BCUT2D eigenvalue weighted by Gasteiger charge is 2.29.